The van der Waals surface area contributed by atoms with E-state index in [0.29, 0.717) is 50.2 Å². The van der Waals surface area contributed by atoms with Crippen molar-refractivity contribution in [2.75, 3.05) is 57.9 Å². The third-order valence-electron chi connectivity index (χ3n) is 7.83. The summed E-state index contributed by atoms with van der Waals surface area (Å²) < 4.78 is 56.7. The van der Waals surface area contributed by atoms with Crippen LogP contribution < -0.4 is 10.1 Å². The Morgan fingerprint density at radius 3 is 2.36 bits per heavy atom. The molecule has 0 saturated carbocycles. The van der Waals surface area contributed by atoms with Crippen LogP contribution in [-0.4, -0.2) is 68.4 Å². The zero-order chi connectivity index (χ0) is 29.5. The molecule has 0 unspecified atom stereocenters. The molecule has 1 N–H and O–H groups in total. The molecular weight excluding hydrogens is 547 g/mol. The summed E-state index contributed by atoms with van der Waals surface area (Å²) in [5, 5.41) is 2.87. The molecule has 2 fully saturated rings. The summed E-state index contributed by atoms with van der Waals surface area (Å²) in [6.45, 7) is 8.88. The number of amides is 1. The van der Waals surface area contributed by atoms with Crippen LogP contribution in [0.2, 0.25) is 0 Å². The van der Waals surface area contributed by atoms with Gasteiger partial charge in [-0.25, -0.2) is 18.0 Å². The monoisotopic (exact) mass is 583 g/mol. The van der Waals surface area contributed by atoms with E-state index in [0.717, 1.165) is 56.8 Å². The Hall–Kier alpha value is -3.60. The molecule has 0 bridgehead atoms. The third-order valence-corrected chi connectivity index (χ3v) is 7.83. The first kappa shape index (κ1) is 29.9. The van der Waals surface area contributed by atoms with Crippen LogP contribution in [-0.2, 0) is 16.0 Å². The Bertz CT molecular complexity index is 1360. The summed E-state index contributed by atoms with van der Waals surface area (Å²) in [6, 6.07) is 14.4. The molecule has 5 rings (SSSR count). The van der Waals surface area contributed by atoms with Gasteiger partial charge < -0.3 is 14.2 Å². The summed E-state index contributed by atoms with van der Waals surface area (Å²) in [6.07, 6.45) is 1.54. The van der Waals surface area contributed by atoms with E-state index in [1.54, 1.807) is 12.1 Å². The number of likely N-dealkylation sites (tertiary alicyclic amines) is 1. The first-order chi connectivity index (χ1) is 20.3. The van der Waals surface area contributed by atoms with Crippen LogP contribution in [0.1, 0.15) is 35.4 Å². The highest BCUT2D eigenvalue weighted by atomic mass is 19.2. The molecule has 3 aromatic carbocycles. The Morgan fingerprint density at radius 1 is 0.905 bits per heavy atom. The van der Waals surface area contributed by atoms with E-state index in [2.05, 4.69) is 28.1 Å². The van der Waals surface area contributed by atoms with Gasteiger partial charge in [-0.15, -0.1) is 0 Å². The van der Waals surface area contributed by atoms with E-state index in [-0.39, 0.29) is 5.75 Å². The number of benzene rings is 3. The van der Waals surface area contributed by atoms with Crippen LogP contribution in [0.5, 0.6) is 11.5 Å². The smallest absolute Gasteiger partial charge is 0.411 e. The topological polar surface area (TPSA) is 63.3 Å². The summed E-state index contributed by atoms with van der Waals surface area (Å²) in [5.74, 6) is -3.01. The number of rotatable bonds is 9. The zero-order valence-electron chi connectivity index (χ0n) is 23.7. The number of hydrogen-bond acceptors (Lipinski definition) is 6. The van der Waals surface area contributed by atoms with Crippen molar-refractivity contribution in [1.82, 2.24) is 9.80 Å². The Kier molecular flexibility index (Phi) is 9.99. The SMILES string of the molecule is Cc1ccc(NC(=O)OCCN2CCOCC2)cc1C1CCN(Cc2ccc(Oc3cc(F)c(F)cc3F)cc2)CC1. The molecule has 0 atom stereocenters. The van der Waals surface area contributed by atoms with Gasteiger partial charge in [0.25, 0.3) is 0 Å². The van der Waals surface area contributed by atoms with Gasteiger partial charge in [0.1, 0.15) is 12.4 Å². The maximum atomic E-state index is 13.9. The first-order valence-corrected chi connectivity index (χ1v) is 14.3. The molecule has 0 spiro atoms. The maximum absolute atomic E-state index is 13.9. The second-order valence-electron chi connectivity index (χ2n) is 10.8. The molecule has 10 heteroatoms. The lowest BCUT2D eigenvalue weighted by Gasteiger charge is -2.33. The minimum atomic E-state index is -1.26. The van der Waals surface area contributed by atoms with Crippen LogP contribution in [0.4, 0.5) is 23.7 Å². The zero-order valence-corrected chi connectivity index (χ0v) is 23.7. The van der Waals surface area contributed by atoms with Gasteiger partial charge in [0, 0.05) is 44.0 Å². The van der Waals surface area contributed by atoms with Gasteiger partial charge in [0.15, 0.2) is 23.2 Å². The van der Waals surface area contributed by atoms with Gasteiger partial charge in [-0.3, -0.25) is 15.1 Å². The summed E-state index contributed by atoms with van der Waals surface area (Å²) in [7, 11) is 0. The van der Waals surface area contributed by atoms with Crippen molar-refractivity contribution in [2.45, 2.75) is 32.2 Å². The van der Waals surface area contributed by atoms with E-state index < -0.39 is 23.5 Å². The fraction of sp³-hybridized carbons (Fsp3) is 0.406. The largest absolute Gasteiger partial charge is 0.454 e. The van der Waals surface area contributed by atoms with Crippen LogP contribution in [0, 0.1) is 24.4 Å². The maximum Gasteiger partial charge on any atom is 0.411 e. The molecule has 224 valence electrons. The second kappa shape index (κ2) is 14.0. The van der Waals surface area contributed by atoms with Crippen molar-refractivity contribution in [3.05, 3.63) is 88.7 Å². The Labute approximate surface area is 244 Å². The summed E-state index contributed by atoms with van der Waals surface area (Å²) >= 11 is 0. The number of aryl methyl sites for hydroxylation is 1. The van der Waals surface area contributed by atoms with Crippen molar-refractivity contribution in [1.29, 1.82) is 0 Å². The van der Waals surface area contributed by atoms with Gasteiger partial charge in [0.2, 0.25) is 0 Å². The van der Waals surface area contributed by atoms with Crippen molar-refractivity contribution >= 4 is 11.8 Å². The van der Waals surface area contributed by atoms with Crippen LogP contribution >= 0.6 is 0 Å². The second-order valence-corrected chi connectivity index (χ2v) is 10.8. The Morgan fingerprint density at radius 2 is 1.62 bits per heavy atom. The number of halogens is 3. The summed E-state index contributed by atoms with van der Waals surface area (Å²) in [4.78, 5) is 17.0. The van der Waals surface area contributed by atoms with Crippen molar-refractivity contribution in [2.24, 2.45) is 0 Å². The number of nitrogens with one attached hydrogen (secondary N) is 1. The molecule has 2 aliphatic rings. The lowest BCUT2D eigenvalue weighted by atomic mass is 9.86. The molecular formula is C32H36F3N3O4. The molecule has 1 amide bonds. The number of morpholine rings is 1. The van der Waals surface area contributed by atoms with Crippen LogP contribution in [0.3, 0.4) is 0 Å². The van der Waals surface area contributed by atoms with Crippen LogP contribution in [0.15, 0.2) is 54.6 Å². The normalized spacial score (nSPS) is 16.8. The lowest BCUT2D eigenvalue weighted by Crippen LogP contribution is -2.38. The number of ether oxygens (including phenoxy) is 3. The van der Waals surface area contributed by atoms with Gasteiger partial charge >= 0.3 is 6.09 Å². The van der Waals surface area contributed by atoms with Gasteiger partial charge in [-0.2, -0.15) is 0 Å². The van der Waals surface area contributed by atoms with Crippen LogP contribution in [0.25, 0.3) is 0 Å². The quantitative estimate of drug-likeness (QED) is 0.292. The molecule has 0 radical (unpaired) electrons. The van der Waals surface area contributed by atoms with Gasteiger partial charge in [0.05, 0.1) is 13.2 Å². The Balaban J connectivity index is 1.09. The minimum absolute atomic E-state index is 0.339. The number of piperidine rings is 1. The summed E-state index contributed by atoms with van der Waals surface area (Å²) in [5.41, 5.74) is 4.25. The highest BCUT2D eigenvalue weighted by Crippen LogP contribution is 2.33. The predicted molar refractivity (Wildman–Crippen MR) is 153 cm³/mol. The highest BCUT2D eigenvalue weighted by molar-refractivity contribution is 5.84. The number of nitrogens with zero attached hydrogens (tertiary/aromatic N) is 2. The fourth-order valence-corrected chi connectivity index (χ4v) is 5.44. The third kappa shape index (κ3) is 8.02. The predicted octanol–water partition coefficient (Wildman–Crippen LogP) is 6.46. The first-order valence-electron chi connectivity index (χ1n) is 14.3. The molecule has 2 saturated heterocycles. The molecule has 7 nitrogen and oxygen atoms in total. The number of carbonyl (C=O) groups is 1. The molecule has 2 aliphatic heterocycles. The molecule has 0 aliphatic carbocycles. The van der Waals surface area contributed by atoms with Gasteiger partial charge in [-0.1, -0.05) is 18.2 Å². The van der Waals surface area contributed by atoms with E-state index in [9.17, 15) is 18.0 Å². The minimum Gasteiger partial charge on any atom is -0.454 e. The molecule has 2 heterocycles. The van der Waals surface area contributed by atoms with Gasteiger partial charge in [-0.05, 0) is 79.7 Å². The highest BCUT2D eigenvalue weighted by Gasteiger charge is 2.23. The number of anilines is 1. The van der Waals surface area contributed by atoms with E-state index in [1.165, 1.54) is 11.1 Å². The van der Waals surface area contributed by atoms with E-state index >= 15 is 0 Å². The van der Waals surface area contributed by atoms with E-state index in [4.69, 9.17) is 14.2 Å². The van der Waals surface area contributed by atoms with Crippen molar-refractivity contribution in [3.63, 3.8) is 0 Å². The standard InChI is InChI=1S/C32H36F3N3O4/c1-22-2-5-25(36-32(39)41-17-14-37-12-15-40-16-13-37)18-27(22)24-8-10-38(11-9-24)21-23-3-6-26(7-4-23)42-31-20-29(34)28(33)19-30(31)35/h2-7,18-20,24H,8-17,21H2,1H3,(H,36,39). The molecule has 0 aromatic heterocycles. The number of hydrogen-bond donors (Lipinski definition) is 1. The molecule has 42 heavy (non-hydrogen) atoms. The van der Waals surface area contributed by atoms with Crippen molar-refractivity contribution < 1.29 is 32.2 Å². The van der Waals surface area contributed by atoms with Crippen molar-refractivity contribution in [3.8, 4) is 11.5 Å². The average molecular weight is 584 g/mol. The van der Waals surface area contributed by atoms with E-state index in [1.807, 2.05) is 24.3 Å². The molecule has 3 aromatic rings. The fourth-order valence-electron chi connectivity index (χ4n) is 5.44. The lowest BCUT2D eigenvalue weighted by molar-refractivity contribution is 0.0290. The number of carbonyl (C=O) groups excluding carboxylic acids is 1. The average Bonchev–Trinajstić information content (AvgIpc) is 2.99.